The molecule has 2 atom stereocenters. The highest BCUT2D eigenvalue weighted by Crippen LogP contribution is 2.27. The number of amides is 1. The summed E-state index contributed by atoms with van der Waals surface area (Å²) in [6.45, 7) is 3.90. The smallest absolute Gasteiger partial charge is 0.228 e. The van der Waals surface area contributed by atoms with E-state index < -0.39 is 0 Å². The van der Waals surface area contributed by atoms with Crippen molar-refractivity contribution in [1.29, 1.82) is 0 Å². The van der Waals surface area contributed by atoms with Crippen molar-refractivity contribution in [3.8, 4) is 11.5 Å². The Bertz CT molecular complexity index is 733. The van der Waals surface area contributed by atoms with Crippen LogP contribution >= 0.6 is 24.0 Å². The number of likely N-dealkylation sites (tertiary alicyclic amines) is 1. The molecular formula is C19H23Cl2N3O2. The molecular weight excluding hydrogens is 373 g/mol. The number of hydrogen-bond donors (Lipinski definition) is 1. The Morgan fingerprint density at radius 2 is 1.85 bits per heavy atom. The number of rotatable bonds is 3. The molecule has 1 aromatic heterocycles. The summed E-state index contributed by atoms with van der Waals surface area (Å²) in [6, 6.07) is 7.33. The van der Waals surface area contributed by atoms with Crippen molar-refractivity contribution < 1.29 is 9.21 Å². The lowest BCUT2D eigenvalue weighted by Crippen LogP contribution is -2.34. The highest BCUT2D eigenvalue weighted by atomic mass is 35.5. The first kappa shape index (κ1) is 19.2. The fourth-order valence-electron chi connectivity index (χ4n) is 3.85. The molecule has 0 spiro atoms. The van der Waals surface area contributed by atoms with E-state index in [0.717, 1.165) is 56.4 Å². The van der Waals surface area contributed by atoms with Crippen LogP contribution in [0.1, 0.15) is 18.5 Å². The van der Waals surface area contributed by atoms with Gasteiger partial charge in [-0.2, -0.15) is 0 Å². The summed E-state index contributed by atoms with van der Waals surface area (Å²) in [5.41, 5.74) is 1.54. The number of carbonyl (C=O) groups is 1. The molecule has 2 aliphatic rings. The first-order valence-electron chi connectivity index (χ1n) is 8.88. The van der Waals surface area contributed by atoms with Crippen LogP contribution < -0.4 is 5.32 Å². The van der Waals surface area contributed by atoms with Crippen LogP contribution in [0.3, 0.4) is 0 Å². The van der Waals surface area contributed by atoms with Crippen molar-refractivity contribution in [2.45, 2.75) is 19.3 Å². The van der Waals surface area contributed by atoms with Crippen LogP contribution in [0, 0.1) is 11.8 Å². The van der Waals surface area contributed by atoms with E-state index in [0.29, 0.717) is 23.0 Å². The highest BCUT2D eigenvalue weighted by Gasteiger charge is 2.31. The van der Waals surface area contributed by atoms with E-state index in [2.05, 4.69) is 10.3 Å². The fraction of sp³-hybridized carbons (Fsp3) is 0.474. The summed E-state index contributed by atoms with van der Waals surface area (Å²) >= 11 is 5.90. The van der Waals surface area contributed by atoms with Gasteiger partial charge in [-0.25, -0.2) is 4.98 Å². The highest BCUT2D eigenvalue weighted by molar-refractivity contribution is 6.30. The van der Waals surface area contributed by atoms with Gasteiger partial charge < -0.3 is 14.6 Å². The predicted octanol–water partition coefficient (Wildman–Crippen LogP) is 3.42. The Labute approximate surface area is 164 Å². The van der Waals surface area contributed by atoms with E-state index >= 15 is 0 Å². The minimum Gasteiger partial charge on any atom is -0.444 e. The topological polar surface area (TPSA) is 58.4 Å². The van der Waals surface area contributed by atoms with Crippen LogP contribution in [-0.2, 0) is 11.2 Å². The zero-order valence-corrected chi connectivity index (χ0v) is 16.1. The standard InChI is InChI=1S/C19H22ClN3O2.ClH/c20-16-3-1-13(2-4-16)19-22-17(12-25-19)9-18(24)23-7-5-14-10-21-11-15(14)6-8-23;/h1-4,12,14-15,21H,5-11H2;1H/t14-,15+;. The first-order chi connectivity index (χ1) is 12.2. The molecule has 2 aliphatic heterocycles. The van der Waals surface area contributed by atoms with Crippen LogP contribution in [-0.4, -0.2) is 42.0 Å². The molecule has 2 aromatic rings. The maximum Gasteiger partial charge on any atom is 0.228 e. The summed E-state index contributed by atoms with van der Waals surface area (Å²) in [6.07, 6.45) is 4.07. The molecule has 0 radical (unpaired) electrons. The van der Waals surface area contributed by atoms with Gasteiger partial charge in [0.2, 0.25) is 11.8 Å². The average Bonchev–Trinajstić information content (AvgIpc) is 3.21. The maximum atomic E-state index is 12.6. The molecule has 0 aliphatic carbocycles. The van der Waals surface area contributed by atoms with Gasteiger partial charge in [0.05, 0.1) is 12.1 Å². The SMILES string of the molecule is Cl.O=C(Cc1coc(-c2ccc(Cl)cc2)n1)N1CC[C@@H]2CNC[C@@H]2CC1. The van der Waals surface area contributed by atoms with Crippen LogP contribution in [0.2, 0.25) is 5.02 Å². The summed E-state index contributed by atoms with van der Waals surface area (Å²) < 4.78 is 5.53. The normalized spacial score (nSPS) is 22.4. The molecule has 1 aromatic carbocycles. The maximum absolute atomic E-state index is 12.6. The van der Waals surface area contributed by atoms with Crippen LogP contribution in [0.25, 0.3) is 11.5 Å². The third-order valence-corrected chi connectivity index (χ3v) is 5.60. The summed E-state index contributed by atoms with van der Waals surface area (Å²) in [7, 11) is 0. The van der Waals surface area contributed by atoms with Gasteiger partial charge in [0.1, 0.15) is 6.26 Å². The van der Waals surface area contributed by atoms with Crippen LogP contribution in [0.15, 0.2) is 34.9 Å². The quantitative estimate of drug-likeness (QED) is 0.864. The molecule has 1 N–H and O–H groups in total. The Hall–Kier alpha value is -1.56. The minimum absolute atomic E-state index is 0. The zero-order chi connectivity index (χ0) is 17.2. The van der Waals surface area contributed by atoms with Gasteiger partial charge in [-0.05, 0) is 62.0 Å². The Morgan fingerprint density at radius 3 is 2.50 bits per heavy atom. The third-order valence-electron chi connectivity index (χ3n) is 5.35. The van der Waals surface area contributed by atoms with Gasteiger partial charge in [0.15, 0.2) is 0 Å². The number of carbonyl (C=O) groups excluding carboxylic acids is 1. The Kier molecular flexibility index (Phi) is 6.22. The van der Waals surface area contributed by atoms with Gasteiger partial charge in [-0.1, -0.05) is 11.6 Å². The second-order valence-corrected chi connectivity index (χ2v) is 7.40. The second kappa shape index (κ2) is 8.42. The molecule has 7 heteroatoms. The van der Waals surface area contributed by atoms with E-state index in [1.807, 2.05) is 17.0 Å². The van der Waals surface area contributed by atoms with Gasteiger partial charge in [-0.15, -0.1) is 12.4 Å². The number of fused-ring (bicyclic) bond motifs is 1. The van der Waals surface area contributed by atoms with Crippen molar-refractivity contribution in [1.82, 2.24) is 15.2 Å². The molecule has 1 amide bonds. The van der Waals surface area contributed by atoms with Gasteiger partial charge >= 0.3 is 0 Å². The lowest BCUT2D eigenvalue weighted by Gasteiger charge is -2.20. The average molecular weight is 396 g/mol. The van der Waals surface area contributed by atoms with Crippen molar-refractivity contribution in [2.75, 3.05) is 26.2 Å². The number of nitrogens with one attached hydrogen (secondary N) is 1. The van der Waals surface area contributed by atoms with Crippen LogP contribution in [0.5, 0.6) is 0 Å². The molecule has 2 fully saturated rings. The number of aromatic nitrogens is 1. The monoisotopic (exact) mass is 395 g/mol. The molecule has 2 saturated heterocycles. The van der Waals surface area contributed by atoms with E-state index in [9.17, 15) is 4.79 Å². The lowest BCUT2D eigenvalue weighted by atomic mass is 9.92. The molecule has 140 valence electrons. The fourth-order valence-corrected chi connectivity index (χ4v) is 3.97. The molecule has 0 bridgehead atoms. The van der Waals surface area contributed by atoms with E-state index in [1.165, 1.54) is 0 Å². The number of halogens is 2. The number of hydrogen-bond acceptors (Lipinski definition) is 4. The number of nitrogens with zero attached hydrogens (tertiary/aromatic N) is 2. The molecule has 0 unspecified atom stereocenters. The van der Waals surface area contributed by atoms with Crippen molar-refractivity contribution in [3.63, 3.8) is 0 Å². The second-order valence-electron chi connectivity index (χ2n) is 6.96. The Morgan fingerprint density at radius 1 is 1.19 bits per heavy atom. The zero-order valence-electron chi connectivity index (χ0n) is 14.5. The number of benzene rings is 1. The van der Waals surface area contributed by atoms with Crippen molar-refractivity contribution in [3.05, 3.63) is 41.2 Å². The molecule has 3 heterocycles. The third kappa shape index (κ3) is 4.22. The van der Waals surface area contributed by atoms with Gasteiger partial charge in [0, 0.05) is 23.7 Å². The van der Waals surface area contributed by atoms with Gasteiger partial charge in [0.25, 0.3) is 0 Å². The van der Waals surface area contributed by atoms with E-state index in [-0.39, 0.29) is 18.3 Å². The van der Waals surface area contributed by atoms with E-state index in [1.54, 1.807) is 18.4 Å². The molecule has 0 saturated carbocycles. The largest absolute Gasteiger partial charge is 0.444 e. The number of oxazole rings is 1. The Balaban J connectivity index is 0.00000196. The molecule has 4 rings (SSSR count). The summed E-state index contributed by atoms with van der Waals surface area (Å²) in [4.78, 5) is 19.1. The van der Waals surface area contributed by atoms with Crippen LogP contribution in [0.4, 0.5) is 0 Å². The minimum atomic E-state index is 0. The molecule has 5 nitrogen and oxygen atoms in total. The van der Waals surface area contributed by atoms with E-state index in [4.69, 9.17) is 16.0 Å². The summed E-state index contributed by atoms with van der Waals surface area (Å²) in [5.74, 6) is 2.11. The van der Waals surface area contributed by atoms with Gasteiger partial charge in [-0.3, -0.25) is 4.79 Å². The predicted molar refractivity (Wildman–Crippen MR) is 104 cm³/mol. The van der Waals surface area contributed by atoms with Crippen molar-refractivity contribution >= 4 is 29.9 Å². The van der Waals surface area contributed by atoms with Crippen molar-refractivity contribution in [2.24, 2.45) is 11.8 Å². The lowest BCUT2D eigenvalue weighted by molar-refractivity contribution is -0.130. The first-order valence-corrected chi connectivity index (χ1v) is 9.25. The summed E-state index contributed by atoms with van der Waals surface area (Å²) in [5, 5.41) is 4.14. The molecule has 26 heavy (non-hydrogen) atoms.